The monoisotopic (exact) mass is 285 g/mol. The first-order valence-corrected chi connectivity index (χ1v) is 6.12. The summed E-state index contributed by atoms with van der Waals surface area (Å²) in [7, 11) is 0. The van der Waals surface area contributed by atoms with E-state index in [0.717, 1.165) is 12.5 Å². The Bertz CT molecular complexity index is 544. The van der Waals surface area contributed by atoms with Crippen LogP contribution in [-0.2, 0) is 4.79 Å². The van der Waals surface area contributed by atoms with Gasteiger partial charge in [-0.05, 0) is 31.0 Å². The molecule has 1 aromatic rings. The van der Waals surface area contributed by atoms with Crippen molar-refractivity contribution in [3.63, 3.8) is 0 Å². The number of amidine groups is 1. The van der Waals surface area contributed by atoms with Crippen molar-refractivity contribution in [2.75, 3.05) is 5.32 Å². The van der Waals surface area contributed by atoms with Crippen LogP contribution in [0.25, 0.3) is 0 Å². The normalized spacial score (nSPS) is 17.7. The molecule has 0 saturated heterocycles. The van der Waals surface area contributed by atoms with Crippen molar-refractivity contribution in [2.45, 2.75) is 19.3 Å². The number of oxime groups is 1. The quantitative estimate of drug-likeness (QED) is 0.345. The van der Waals surface area contributed by atoms with Crippen molar-refractivity contribution in [1.82, 2.24) is 0 Å². The Kier molecular flexibility index (Phi) is 3.61. The molecular weight excluding hydrogens is 273 g/mol. The number of nitrogens with two attached hydrogens (primary N) is 1. The zero-order valence-corrected chi connectivity index (χ0v) is 10.7. The van der Waals surface area contributed by atoms with Gasteiger partial charge in [-0.2, -0.15) is 0 Å². The Morgan fingerprint density at radius 2 is 2.21 bits per heavy atom. The average molecular weight is 286 g/mol. The van der Waals surface area contributed by atoms with Crippen molar-refractivity contribution in [3.8, 4) is 0 Å². The van der Waals surface area contributed by atoms with Gasteiger partial charge in [0.2, 0.25) is 5.91 Å². The highest BCUT2D eigenvalue weighted by Crippen LogP contribution is 2.42. The van der Waals surface area contributed by atoms with Gasteiger partial charge in [-0.3, -0.25) is 4.79 Å². The van der Waals surface area contributed by atoms with Crippen molar-refractivity contribution in [3.05, 3.63) is 29.0 Å². The molecule has 1 amide bonds. The predicted octanol–water partition coefficient (Wildman–Crippen LogP) is 2.33. The van der Waals surface area contributed by atoms with Crippen molar-refractivity contribution >= 4 is 29.0 Å². The molecule has 0 aliphatic heterocycles. The fraction of sp³-hybridized carbons (Fsp3) is 0.333. The summed E-state index contributed by atoms with van der Waals surface area (Å²) in [6.07, 6.45) is 1.78. The van der Waals surface area contributed by atoms with Gasteiger partial charge in [-0.1, -0.05) is 23.2 Å². The van der Waals surface area contributed by atoms with E-state index >= 15 is 0 Å². The molecule has 1 aliphatic rings. The summed E-state index contributed by atoms with van der Waals surface area (Å²) in [5.41, 5.74) is 4.71. The van der Waals surface area contributed by atoms with Crippen LogP contribution in [0.3, 0.4) is 0 Å². The van der Waals surface area contributed by atoms with E-state index in [2.05, 4.69) is 10.5 Å². The van der Waals surface area contributed by atoms with Crippen molar-refractivity contribution < 1.29 is 14.4 Å². The standard InChI is InChI=1S/C12H13ClFN3O2/c13-8-3-2-7(14)6-9(8)16-11(18)12(4-1-5-12)10(15)17-19/h2-3,6,19H,1,4-5H2,(H2,15,17)(H,16,18). The highest BCUT2D eigenvalue weighted by molar-refractivity contribution is 6.34. The van der Waals surface area contributed by atoms with Crippen LogP contribution in [0, 0.1) is 11.2 Å². The Balaban J connectivity index is 2.23. The molecular formula is C12H13ClFN3O2. The van der Waals surface area contributed by atoms with Gasteiger partial charge in [0.1, 0.15) is 11.2 Å². The summed E-state index contributed by atoms with van der Waals surface area (Å²) in [6, 6.07) is 3.67. The Morgan fingerprint density at radius 1 is 1.53 bits per heavy atom. The van der Waals surface area contributed by atoms with Crippen molar-refractivity contribution in [2.24, 2.45) is 16.3 Å². The molecule has 19 heavy (non-hydrogen) atoms. The van der Waals surface area contributed by atoms with Gasteiger partial charge in [0, 0.05) is 0 Å². The van der Waals surface area contributed by atoms with Gasteiger partial charge in [-0.15, -0.1) is 0 Å². The van der Waals surface area contributed by atoms with E-state index in [0.29, 0.717) is 12.8 Å². The van der Waals surface area contributed by atoms with Gasteiger partial charge in [-0.25, -0.2) is 4.39 Å². The van der Waals surface area contributed by atoms with Crippen LogP contribution in [0.2, 0.25) is 5.02 Å². The van der Waals surface area contributed by atoms with Gasteiger partial charge in [0.25, 0.3) is 0 Å². The van der Waals surface area contributed by atoms with E-state index in [1.807, 2.05) is 0 Å². The number of anilines is 1. The highest BCUT2D eigenvalue weighted by atomic mass is 35.5. The number of rotatable bonds is 3. The largest absolute Gasteiger partial charge is 0.409 e. The first-order chi connectivity index (χ1) is 8.99. The molecule has 0 spiro atoms. The van der Waals surface area contributed by atoms with Gasteiger partial charge >= 0.3 is 0 Å². The number of hydrogen-bond acceptors (Lipinski definition) is 3. The van der Waals surface area contributed by atoms with Crippen LogP contribution in [0.4, 0.5) is 10.1 Å². The Hall–Kier alpha value is -1.82. The molecule has 2 rings (SSSR count). The SMILES string of the molecule is N/C(=N/O)C1(C(=O)Nc2cc(F)ccc2Cl)CCC1. The number of hydrogen-bond donors (Lipinski definition) is 3. The minimum absolute atomic E-state index is 0.135. The molecule has 5 nitrogen and oxygen atoms in total. The smallest absolute Gasteiger partial charge is 0.238 e. The van der Waals surface area contributed by atoms with E-state index in [1.165, 1.54) is 12.1 Å². The number of halogens is 2. The van der Waals surface area contributed by atoms with Crippen LogP contribution in [0.5, 0.6) is 0 Å². The van der Waals surface area contributed by atoms with E-state index < -0.39 is 17.1 Å². The summed E-state index contributed by atoms with van der Waals surface area (Å²) in [6.45, 7) is 0. The minimum atomic E-state index is -1.02. The molecule has 4 N–H and O–H groups in total. The van der Waals surface area contributed by atoms with E-state index in [1.54, 1.807) is 0 Å². The molecule has 0 unspecified atom stereocenters. The first kappa shape index (κ1) is 13.6. The van der Waals surface area contributed by atoms with Crippen LogP contribution in [0.15, 0.2) is 23.4 Å². The molecule has 1 saturated carbocycles. The second-order valence-electron chi connectivity index (χ2n) is 4.50. The van der Waals surface area contributed by atoms with Crippen LogP contribution in [-0.4, -0.2) is 17.0 Å². The lowest BCUT2D eigenvalue weighted by Crippen LogP contribution is -2.51. The number of carbonyl (C=O) groups excluding carboxylic acids is 1. The van der Waals surface area contributed by atoms with Crippen LogP contribution < -0.4 is 11.1 Å². The lowest BCUT2D eigenvalue weighted by atomic mass is 9.67. The molecule has 1 aromatic carbocycles. The predicted molar refractivity (Wildman–Crippen MR) is 69.7 cm³/mol. The van der Waals surface area contributed by atoms with Crippen LogP contribution in [0.1, 0.15) is 19.3 Å². The van der Waals surface area contributed by atoms with Gasteiger partial charge in [0.05, 0.1) is 10.7 Å². The molecule has 0 aromatic heterocycles. The minimum Gasteiger partial charge on any atom is -0.409 e. The Morgan fingerprint density at radius 3 is 2.74 bits per heavy atom. The number of amides is 1. The maximum absolute atomic E-state index is 13.1. The van der Waals surface area contributed by atoms with E-state index in [-0.39, 0.29) is 16.5 Å². The summed E-state index contributed by atoms with van der Waals surface area (Å²) >= 11 is 5.87. The van der Waals surface area contributed by atoms with Crippen LogP contribution >= 0.6 is 11.6 Å². The van der Waals surface area contributed by atoms with Gasteiger partial charge in [0.15, 0.2) is 5.84 Å². The molecule has 0 heterocycles. The summed E-state index contributed by atoms with van der Waals surface area (Å²) in [5.74, 6) is -1.09. The molecule has 1 fully saturated rings. The number of nitrogens with zero attached hydrogens (tertiary/aromatic N) is 1. The summed E-state index contributed by atoms with van der Waals surface area (Å²) in [5, 5.41) is 14.4. The van der Waals surface area contributed by atoms with E-state index in [4.69, 9.17) is 22.5 Å². The summed E-state index contributed by atoms with van der Waals surface area (Å²) in [4.78, 5) is 12.2. The third kappa shape index (κ3) is 2.35. The maximum Gasteiger partial charge on any atom is 0.238 e. The second kappa shape index (κ2) is 5.05. The van der Waals surface area contributed by atoms with Gasteiger partial charge < -0.3 is 16.3 Å². The maximum atomic E-state index is 13.1. The number of benzene rings is 1. The second-order valence-corrected chi connectivity index (χ2v) is 4.91. The molecule has 102 valence electrons. The zero-order valence-electron chi connectivity index (χ0n) is 9.99. The molecule has 7 heteroatoms. The third-order valence-corrected chi connectivity index (χ3v) is 3.75. The van der Waals surface area contributed by atoms with E-state index in [9.17, 15) is 9.18 Å². The lowest BCUT2D eigenvalue weighted by Gasteiger charge is -2.38. The number of carbonyl (C=O) groups is 1. The fourth-order valence-corrected chi connectivity index (χ4v) is 2.23. The molecule has 0 radical (unpaired) electrons. The lowest BCUT2D eigenvalue weighted by molar-refractivity contribution is -0.125. The summed E-state index contributed by atoms with van der Waals surface area (Å²) < 4.78 is 13.1. The number of nitrogens with one attached hydrogen (secondary N) is 1. The average Bonchev–Trinajstić information content (AvgIpc) is 2.32. The molecule has 0 bridgehead atoms. The Labute approximate surface area is 114 Å². The molecule has 0 atom stereocenters. The highest BCUT2D eigenvalue weighted by Gasteiger charge is 2.48. The third-order valence-electron chi connectivity index (χ3n) is 3.42. The fourth-order valence-electron chi connectivity index (χ4n) is 2.06. The zero-order chi connectivity index (χ0) is 14.0. The topological polar surface area (TPSA) is 87.7 Å². The molecule has 1 aliphatic carbocycles. The first-order valence-electron chi connectivity index (χ1n) is 5.74. The van der Waals surface area contributed by atoms with Crippen molar-refractivity contribution in [1.29, 1.82) is 0 Å².